The van der Waals surface area contributed by atoms with Crippen LogP contribution < -0.4 is 0 Å². The van der Waals surface area contributed by atoms with Gasteiger partial charge in [-0.1, -0.05) is 49.1 Å². The highest BCUT2D eigenvalue weighted by Gasteiger charge is 2.29. The van der Waals surface area contributed by atoms with Crippen molar-refractivity contribution in [2.24, 2.45) is 5.92 Å². The van der Waals surface area contributed by atoms with Crippen LogP contribution in [0, 0.1) is 26.7 Å². The minimum Gasteiger partial charge on any atom is -0.662 e. The van der Waals surface area contributed by atoms with Gasteiger partial charge in [-0.25, -0.2) is 9.78 Å². The highest BCUT2D eigenvalue weighted by Crippen LogP contribution is 2.32. The molecule has 0 unspecified atom stereocenters. The van der Waals surface area contributed by atoms with Gasteiger partial charge in [-0.2, -0.15) is 13.2 Å². The molecule has 1 N–H and O–H groups in total. The van der Waals surface area contributed by atoms with E-state index in [-0.39, 0.29) is 5.69 Å². The van der Waals surface area contributed by atoms with Crippen LogP contribution in [-0.4, -0.2) is 29.1 Å². The predicted octanol–water partition coefficient (Wildman–Crippen LogP) is 7.47. The Balaban J connectivity index is 0.000000191. The van der Waals surface area contributed by atoms with Crippen molar-refractivity contribution in [2.75, 3.05) is 13.1 Å². The molecule has 0 atom stereocenters. The molecule has 0 amide bonds. The average Bonchev–Trinajstić information content (AvgIpc) is 3.52. The van der Waals surface area contributed by atoms with Gasteiger partial charge in [0.25, 0.3) is 0 Å². The first-order valence-electron chi connectivity index (χ1n) is 11.1. The Kier molecular flexibility index (Phi) is 8.49. The standard InChI is InChI=1S/C13H15F3N.C13H13NO2S/c14-13(15,16)12-5-3-10(4-6-12)7-8-17-9-11-1-2-11;1-7-4-5-10(6-8(7)2)12-11(13(15)16)14-9(3)17-12/h3-6,11H,1-2,7-9H2;4-6H,1-3H3,(H,15,16)/q-1;. The third-order valence-corrected chi connectivity index (χ3v) is 6.65. The van der Waals surface area contributed by atoms with Crippen LogP contribution in [0.2, 0.25) is 0 Å². The van der Waals surface area contributed by atoms with Crippen molar-refractivity contribution >= 4 is 17.3 Å². The summed E-state index contributed by atoms with van der Waals surface area (Å²) in [6.45, 7) is 7.51. The van der Waals surface area contributed by atoms with Crippen LogP contribution in [0.1, 0.15) is 50.6 Å². The molecule has 182 valence electrons. The van der Waals surface area contributed by atoms with Crippen LogP contribution in [0.3, 0.4) is 0 Å². The van der Waals surface area contributed by atoms with Crippen LogP contribution in [0.25, 0.3) is 15.8 Å². The number of carboxylic acid groups (broad SMARTS) is 1. The largest absolute Gasteiger partial charge is 0.662 e. The molecule has 8 heteroatoms. The van der Waals surface area contributed by atoms with E-state index >= 15 is 0 Å². The van der Waals surface area contributed by atoms with E-state index in [2.05, 4.69) is 10.3 Å². The van der Waals surface area contributed by atoms with Gasteiger partial charge in [0.05, 0.1) is 15.4 Å². The lowest BCUT2D eigenvalue weighted by Crippen LogP contribution is -2.04. The lowest BCUT2D eigenvalue weighted by atomic mass is 10.0. The Morgan fingerprint density at radius 1 is 1.09 bits per heavy atom. The number of thiazole rings is 1. The number of nitrogens with zero attached hydrogens (tertiary/aromatic N) is 2. The number of rotatable bonds is 7. The van der Waals surface area contributed by atoms with E-state index in [1.165, 1.54) is 41.9 Å². The third kappa shape index (κ3) is 7.40. The van der Waals surface area contributed by atoms with Crippen molar-refractivity contribution in [2.45, 2.75) is 46.2 Å². The van der Waals surface area contributed by atoms with Gasteiger partial charge in [0.1, 0.15) is 0 Å². The maximum atomic E-state index is 12.3. The van der Waals surface area contributed by atoms with E-state index in [1.807, 2.05) is 39.0 Å². The van der Waals surface area contributed by atoms with Gasteiger partial charge < -0.3 is 10.4 Å². The van der Waals surface area contributed by atoms with Gasteiger partial charge in [0, 0.05) is 0 Å². The lowest BCUT2D eigenvalue weighted by molar-refractivity contribution is -0.137. The Labute approximate surface area is 201 Å². The van der Waals surface area contributed by atoms with Crippen molar-refractivity contribution in [3.05, 3.63) is 80.7 Å². The number of benzene rings is 2. The number of aromatic carboxylic acids is 1. The number of aryl methyl sites for hydroxylation is 3. The fraction of sp³-hybridized carbons (Fsp3) is 0.385. The molecule has 1 aliphatic carbocycles. The summed E-state index contributed by atoms with van der Waals surface area (Å²) in [5, 5.41) is 14.3. The van der Waals surface area contributed by atoms with Crippen LogP contribution in [0.4, 0.5) is 13.2 Å². The van der Waals surface area contributed by atoms with Crippen LogP contribution in [-0.2, 0) is 12.6 Å². The molecule has 1 fully saturated rings. The van der Waals surface area contributed by atoms with Crippen molar-refractivity contribution in [3.8, 4) is 10.4 Å². The first-order chi connectivity index (χ1) is 16.0. The zero-order chi connectivity index (χ0) is 24.9. The molecule has 0 spiro atoms. The minimum atomic E-state index is -4.24. The second-order valence-corrected chi connectivity index (χ2v) is 9.74. The van der Waals surface area contributed by atoms with Crippen molar-refractivity contribution in [1.29, 1.82) is 0 Å². The Morgan fingerprint density at radius 2 is 1.76 bits per heavy atom. The van der Waals surface area contributed by atoms with Gasteiger partial charge in [-0.3, -0.25) is 0 Å². The van der Waals surface area contributed by atoms with Gasteiger partial charge in [-0.05, 0) is 61.6 Å². The summed E-state index contributed by atoms with van der Waals surface area (Å²) in [6.07, 6.45) is -0.951. The predicted molar refractivity (Wildman–Crippen MR) is 130 cm³/mol. The fourth-order valence-electron chi connectivity index (χ4n) is 3.29. The SMILES string of the molecule is Cc1nc(C(=O)O)c(-c2ccc(C)c(C)c2)s1.FC(F)(F)c1ccc(CC[N-]CC2CC2)cc1. The van der Waals surface area contributed by atoms with Crippen LogP contribution in [0.15, 0.2) is 42.5 Å². The average molecular weight is 490 g/mol. The number of halogens is 3. The lowest BCUT2D eigenvalue weighted by Gasteiger charge is -2.18. The Hall–Kier alpha value is -2.71. The number of hydrogen-bond acceptors (Lipinski definition) is 3. The number of carboxylic acids is 1. The molecule has 4 rings (SSSR count). The van der Waals surface area contributed by atoms with E-state index in [1.54, 1.807) is 0 Å². The highest BCUT2D eigenvalue weighted by atomic mass is 32.1. The number of alkyl halides is 3. The van der Waals surface area contributed by atoms with E-state index in [0.29, 0.717) is 6.54 Å². The molecule has 0 bridgehead atoms. The number of carbonyl (C=O) groups is 1. The third-order valence-electron chi connectivity index (χ3n) is 5.63. The Bertz CT molecular complexity index is 1120. The zero-order valence-corrected chi connectivity index (χ0v) is 20.3. The molecule has 1 aliphatic rings. The molecule has 0 aliphatic heterocycles. The summed E-state index contributed by atoms with van der Waals surface area (Å²) in [5.74, 6) is -0.190. The van der Waals surface area contributed by atoms with E-state index in [9.17, 15) is 18.0 Å². The van der Waals surface area contributed by atoms with E-state index in [0.717, 1.165) is 57.6 Å². The second kappa shape index (κ2) is 11.1. The molecule has 2 aromatic carbocycles. The molecular weight excluding hydrogens is 461 g/mol. The number of hydrogen-bond donors (Lipinski definition) is 1. The summed E-state index contributed by atoms with van der Waals surface area (Å²) in [7, 11) is 0. The smallest absolute Gasteiger partial charge is 0.416 e. The van der Waals surface area contributed by atoms with Gasteiger partial charge in [-0.15, -0.1) is 24.4 Å². The number of aromatic nitrogens is 1. The summed E-state index contributed by atoms with van der Waals surface area (Å²) in [5.41, 5.74) is 3.76. The molecular formula is C26H28F3N2O2S-. The molecule has 3 aromatic rings. The first-order valence-corrected chi connectivity index (χ1v) is 11.9. The fourth-order valence-corrected chi connectivity index (χ4v) is 4.20. The topological polar surface area (TPSA) is 64.3 Å². The molecule has 0 saturated heterocycles. The van der Waals surface area contributed by atoms with Crippen LogP contribution >= 0.6 is 11.3 Å². The summed E-state index contributed by atoms with van der Waals surface area (Å²) in [6, 6.07) is 11.3. The maximum Gasteiger partial charge on any atom is 0.416 e. The van der Waals surface area contributed by atoms with Crippen molar-refractivity contribution < 1.29 is 23.1 Å². The van der Waals surface area contributed by atoms with Crippen LogP contribution in [0.5, 0.6) is 0 Å². The maximum absolute atomic E-state index is 12.3. The Morgan fingerprint density at radius 3 is 2.32 bits per heavy atom. The summed E-state index contributed by atoms with van der Waals surface area (Å²) < 4.78 is 36.9. The van der Waals surface area contributed by atoms with Gasteiger partial charge in [0.15, 0.2) is 5.69 Å². The molecule has 1 heterocycles. The zero-order valence-electron chi connectivity index (χ0n) is 19.4. The van der Waals surface area contributed by atoms with Gasteiger partial charge in [0.2, 0.25) is 0 Å². The molecule has 4 nitrogen and oxygen atoms in total. The normalized spacial score (nSPS) is 13.4. The van der Waals surface area contributed by atoms with Crippen molar-refractivity contribution in [1.82, 2.24) is 4.98 Å². The molecule has 34 heavy (non-hydrogen) atoms. The second-order valence-electron chi connectivity index (χ2n) is 8.53. The molecule has 1 aromatic heterocycles. The van der Waals surface area contributed by atoms with Crippen molar-refractivity contribution in [3.63, 3.8) is 0 Å². The molecule has 1 saturated carbocycles. The summed E-state index contributed by atoms with van der Waals surface area (Å²) in [4.78, 5) is 15.9. The first kappa shape index (κ1) is 25.9. The van der Waals surface area contributed by atoms with E-state index in [4.69, 9.17) is 5.11 Å². The highest BCUT2D eigenvalue weighted by molar-refractivity contribution is 7.15. The summed E-state index contributed by atoms with van der Waals surface area (Å²) >= 11 is 1.42. The monoisotopic (exact) mass is 489 g/mol. The van der Waals surface area contributed by atoms with E-state index < -0.39 is 17.7 Å². The molecule has 0 radical (unpaired) electrons. The quantitative estimate of drug-likeness (QED) is 0.350. The van der Waals surface area contributed by atoms with Gasteiger partial charge >= 0.3 is 12.1 Å². The minimum absolute atomic E-state index is 0.149.